The maximum Gasteiger partial charge on any atom is 0.416 e. The van der Waals surface area contributed by atoms with Crippen molar-refractivity contribution in [2.75, 3.05) is 23.3 Å². The Morgan fingerprint density at radius 2 is 1.90 bits per heavy atom. The second kappa shape index (κ2) is 7.58. The third kappa shape index (κ3) is 4.31. The van der Waals surface area contributed by atoms with Gasteiger partial charge in [0.15, 0.2) is 0 Å². The Bertz CT molecular complexity index is 1050. The Hall–Kier alpha value is -2.75. The average Bonchev–Trinajstić information content (AvgIpc) is 2.93. The first-order valence-corrected chi connectivity index (χ1v) is 10.3. The molecule has 0 atom stereocenters. The van der Waals surface area contributed by atoms with E-state index in [2.05, 4.69) is 4.72 Å². The zero-order valence-electron chi connectivity index (χ0n) is 15.7. The van der Waals surface area contributed by atoms with Gasteiger partial charge in [0.25, 0.3) is 10.0 Å². The molecular weight excluding hydrogens is 409 g/mol. The first kappa shape index (κ1) is 21.0. The summed E-state index contributed by atoms with van der Waals surface area (Å²) in [4.78, 5) is 13.1. The molecule has 1 heterocycles. The lowest BCUT2D eigenvalue weighted by Crippen LogP contribution is -2.20. The van der Waals surface area contributed by atoms with Gasteiger partial charge in [0.05, 0.1) is 29.2 Å². The molecule has 29 heavy (non-hydrogen) atoms. The predicted octanol–water partition coefficient (Wildman–Crippen LogP) is 3.81. The van der Waals surface area contributed by atoms with E-state index in [4.69, 9.17) is 4.74 Å². The van der Waals surface area contributed by atoms with Crippen molar-refractivity contribution < 1.29 is 31.1 Å². The number of carbonyl (C=O) groups excluding carboxylic acids is 1. The summed E-state index contributed by atoms with van der Waals surface area (Å²) in [6.07, 6.45) is -3.98. The molecule has 0 saturated heterocycles. The number of alkyl halides is 3. The summed E-state index contributed by atoms with van der Waals surface area (Å²) in [5.74, 6) is -0.171. The van der Waals surface area contributed by atoms with Crippen LogP contribution in [0.25, 0.3) is 0 Å². The number of ether oxygens (including phenoxy) is 1. The summed E-state index contributed by atoms with van der Waals surface area (Å²) in [6.45, 7) is 2.03. The molecule has 0 spiro atoms. The molecule has 0 radical (unpaired) electrons. The van der Waals surface area contributed by atoms with Gasteiger partial charge in [-0.3, -0.25) is 9.52 Å². The predicted molar refractivity (Wildman–Crippen MR) is 102 cm³/mol. The van der Waals surface area contributed by atoms with Crippen molar-refractivity contribution in [1.29, 1.82) is 0 Å². The van der Waals surface area contributed by atoms with E-state index in [9.17, 15) is 26.4 Å². The molecule has 156 valence electrons. The van der Waals surface area contributed by atoms with Crippen LogP contribution in [-0.4, -0.2) is 28.0 Å². The minimum Gasteiger partial charge on any atom is -0.491 e. The van der Waals surface area contributed by atoms with Crippen molar-refractivity contribution in [2.24, 2.45) is 0 Å². The second-order valence-electron chi connectivity index (χ2n) is 6.58. The van der Waals surface area contributed by atoms with E-state index in [1.165, 1.54) is 23.1 Å². The highest BCUT2D eigenvalue weighted by atomic mass is 32.2. The maximum atomic E-state index is 13.1. The topological polar surface area (TPSA) is 75.7 Å². The molecule has 1 amide bonds. The smallest absolute Gasteiger partial charge is 0.416 e. The van der Waals surface area contributed by atoms with Crippen molar-refractivity contribution in [2.45, 2.75) is 30.8 Å². The number of carbonyl (C=O) groups is 1. The molecule has 6 nitrogen and oxygen atoms in total. The normalized spacial score (nSPS) is 14.1. The summed E-state index contributed by atoms with van der Waals surface area (Å²) in [6, 6.07) is 6.77. The number of benzene rings is 2. The van der Waals surface area contributed by atoms with Gasteiger partial charge < -0.3 is 9.64 Å². The number of halogens is 3. The monoisotopic (exact) mass is 428 g/mol. The number of nitrogens with one attached hydrogen (secondary N) is 1. The van der Waals surface area contributed by atoms with Gasteiger partial charge >= 0.3 is 6.18 Å². The fourth-order valence-electron chi connectivity index (χ4n) is 2.94. The van der Waals surface area contributed by atoms with Gasteiger partial charge in [0.1, 0.15) is 5.75 Å². The van der Waals surface area contributed by atoms with E-state index in [0.29, 0.717) is 23.7 Å². The number of nitrogens with zero attached hydrogens (tertiary/aromatic N) is 1. The Morgan fingerprint density at radius 3 is 2.55 bits per heavy atom. The van der Waals surface area contributed by atoms with Crippen LogP contribution in [0.1, 0.15) is 24.5 Å². The zero-order valence-corrected chi connectivity index (χ0v) is 16.5. The van der Waals surface area contributed by atoms with Crippen LogP contribution < -0.4 is 14.4 Å². The van der Waals surface area contributed by atoms with Crippen LogP contribution in [0.3, 0.4) is 0 Å². The number of anilines is 2. The van der Waals surface area contributed by atoms with Gasteiger partial charge in [-0.2, -0.15) is 13.2 Å². The fraction of sp³-hybridized carbons (Fsp3) is 0.316. The lowest BCUT2D eigenvalue weighted by atomic mass is 10.2. The van der Waals surface area contributed by atoms with Crippen LogP contribution in [0.4, 0.5) is 24.5 Å². The fourth-order valence-corrected chi connectivity index (χ4v) is 4.05. The Balaban J connectivity index is 1.97. The molecule has 0 bridgehead atoms. The maximum absolute atomic E-state index is 13.1. The molecule has 2 aromatic rings. The summed E-state index contributed by atoms with van der Waals surface area (Å²) in [5.41, 5.74) is -0.172. The van der Waals surface area contributed by atoms with Gasteiger partial charge in [0, 0.05) is 12.7 Å². The lowest BCUT2D eigenvalue weighted by molar-refractivity contribution is -0.137. The standard InChI is InChI=1S/C19H19F3N2O4S/c1-3-8-28-17-7-4-13(19(20,21)22)11-15(17)23-29(26,27)14-5-6-16-12(9-14)10-18(25)24(16)2/h4-7,9,11,23H,3,8,10H2,1-2H3. The number of amides is 1. The first-order valence-electron chi connectivity index (χ1n) is 8.79. The summed E-state index contributed by atoms with van der Waals surface area (Å²) < 4.78 is 72.4. The number of likely N-dealkylation sites (N-methyl/N-ethyl adjacent to an activating group) is 1. The van der Waals surface area contributed by atoms with Gasteiger partial charge in [-0.25, -0.2) is 8.42 Å². The number of hydrogen-bond acceptors (Lipinski definition) is 4. The molecule has 0 aromatic heterocycles. The SMILES string of the molecule is CCCOc1ccc(C(F)(F)F)cc1NS(=O)(=O)c1ccc2c(c1)CC(=O)N2C. The minimum atomic E-state index is -4.64. The summed E-state index contributed by atoms with van der Waals surface area (Å²) in [7, 11) is -2.62. The highest BCUT2D eigenvalue weighted by molar-refractivity contribution is 7.92. The number of fused-ring (bicyclic) bond motifs is 1. The minimum absolute atomic E-state index is 0.000467. The molecule has 3 rings (SSSR count). The molecule has 10 heteroatoms. The molecule has 2 aromatic carbocycles. The molecule has 0 aliphatic carbocycles. The quantitative estimate of drug-likeness (QED) is 0.759. The lowest BCUT2D eigenvalue weighted by Gasteiger charge is -2.16. The molecule has 1 N–H and O–H groups in total. The second-order valence-corrected chi connectivity index (χ2v) is 8.27. The van der Waals surface area contributed by atoms with Gasteiger partial charge in [-0.1, -0.05) is 6.92 Å². The van der Waals surface area contributed by atoms with Crippen molar-refractivity contribution in [1.82, 2.24) is 0 Å². The van der Waals surface area contributed by atoms with Crippen molar-refractivity contribution >= 4 is 27.3 Å². The van der Waals surface area contributed by atoms with E-state index in [1.54, 1.807) is 7.05 Å². The molecule has 0 unspecified atom stereocenters. The highest BCUT2D eigenvalue weighted by Gasteiger charge is 2.32. The van der Waals surface area contributed by atoms with E-state index in [-0.39, 0.29) is 35.3 Å². The highest BCUT2D eigenvalue weighted by Crippen LogP contribution is 2.36. The van der Waals surface area contributed by atoms with E-state index in [1.807, 2.05) is 6.92 Å². The largest absolute Gasteiger partial charge is 0.491 e. The molecule has 1 aliphatic rings. The van der Waals surface area contributed by atoms with Crippen LogP contribution in [0, 0.1) is 0 Å². The zero-order chi connectivity index (χ0) is 21.4. The number of hydrogen-bond donors (Lipinski definition) is 1. The van der Waals surface area contributed by atoms with E-state index in [0.717, 1.165) is 12.1 Å². The summed E-state index contributed by atoms with van der Waals surface area (Å²) >= 11 is 0. The third-order valence-electron chi connectivity index (χ3n) is 4.45. The van der Waals surface area contributed by atoms with Crippen molar-refractivity contribution in [3.63, 3.8) is 0 Å². The van der Waals surface area contributed by atoms with Gasteiger partial charge in [-0.05, 0) is 48.4 Å². The number of sulfonamides is 1. The van der Waals surface area contributed by atoms with Gasteiger partial charge in [0.2, 0.25) is 5.91 Å². The van der Waals surface area contributed by atoms with Crippen LogP contribution in [0.5, 0.6) is 5.75 Å². The Labute approximate surface area is 166 Å². The first-order chi connectivity index (χ1) is 13.5. The van der Waals surface area contributed by atoms with Gasteiger partial charge in [-0.15, -0.1) is 0 Å². The van der Waals surface area contributed by atoms with E-state index < -0.39 is 21.8 Å². The Morgan fingerprint density at radius 1 is 1.17 bits per heavy atom. The van der Waals surface area contributed by atoms with Crippen LogP contribution in [0.15, 0.2) is 41.3 Å². The molecular formula is C19H19F3N2O4S. The van der Waals surface area contributed by atoms with Crippen LogP contribution >= 0.6 is 0 Å². The van der Waals surface area contributed by atoms with E-state index >= 15 is 0 Å². The number of rotatable bonds is 6. The molecule has 0 fully saturated rings. The van der Waals surface area contributed by atoms with Crippen molar-refractivity contribution in [3.05, 3.63) is 47.5 Å². The summed E-state index contributed by atoms with van der Waals surface area (Å²) in [5, 5.41) is 0. The van der Waals surface area contributed by atoms with Crippen LogP contribution in [-0.2, 0) is 27.4 Å². The van der Waals surface area contributed by atoms with Crippen molar-refractivity contribution in [3.8, 4) is 5.75 Å². The third-order valence-corrected chi connectivity index (χ3v) is 5.81. The Kier molecular flexibility index (Phi) is 5.48. The molecule has 0 saturated carbocycles. The molecule has 1 aliphatic heterocycles. The van der Waals surface area contributed by atoms with Crippen LogP contribution in [0.2, 0.25) is 0 Å². The average molecular weight is 428 g/mol.